The molecule has 5 rings (SSSR count). The molecule has 3 heterocycles. The highest BCUT2D eigenvalue weighted by molar-refractivity contribution is 7.20. The van der Waals surface area contributed by atoms with Crippen molar-refractivity contribution in [3.63, 3.8) is 0 Å². The van der Waals surface area contributed by atoms with Crippen LogP contribution in [0.3, 0.4) is 0 Å². The number of halogens is 3. The van der Waals surface area contributed by atoms with Crippen molar-refractivity contribution in [3.05, 3.63) is 52.9 Å². The van der Waals surface area contributed by atoms with Gasteiger partial charge in [-0.1, -0.05) is 30.0 Å². The van der Waals surface area contributed by atoms with E-state index < -0.39 is 12.6 Å². The number of ether oxygens (including phenoxy) is 3. The quantitative estimate of drug-likeness (QED) is 0.340. The standard InChI is InChI=1S/C31H36F3N3O3S/c1-37-13-10-27-22(21-37)11-14-38-15-16-39-17-18-40-24-6-2-5-23(19-24)35-12-4-9-29-26(20-31(32,33)34)25-7-3-8-28(36-27)30(25)41-29/h2-3,5-8,19,22,27,35-36H,10-18,20-21H2,1H3/t22-,27+/m0/s1. The van der Waals surface area contributed by atoms with Crippen LogP contribution < -0.4 is 15.4 Å². The first-order valence-corrected chi connectivity index (χ1v) is 14.8. The summed E-state index contributed by atoms with van der Waals surface area (Å²) in [6.45, 7) is 4.68. The van der Waals surface area contributed by atoms with Crippen LogP contribution in [0.2, 0.25) is 0 Å². The third-order valence-corrected chi connectivity index (χ3v) is 8.59. The number of hydrogen-bond acceptors (Lipinski definition) is 7. The van der Waals surface area contributed by atoms with Crippen molar-refractivity contribution in [3.8, 4) is 17.6 Å². The van der Waals surface area contributed by atoms with E-state index in [1.807, 2.05) is 36.4 Å². The van der Waals surface area contributed by atoms with E-state index in [0.717, 1.165) is 42.0 Å². The maximum absolute atomic E-state index is 13.7. The van der Waals surface area contributed by atoms with Crippen molar-refractivity contribution >= 4 is 32.8 Å². The van der Waals surface area contributed by atoms with Crippen LogP contribution in [-0.4, -0.2) is 76.8 Å². The molecule has 10 heteroatoms. The normalized spacial score (nSPS) is 21.6. The summed E-state index contributed by atoms with van der Waals surface area (Å²) in [4.78, 5) is 2.78. The lowest BCUT2D eigenvalue weighted by Crippen LogP contribution is -2.45. The van der Waals surface area contributed by atoms with Crippen LogP contribution in [0, 0.1) is 17.8 Å². The lowest BCUT2D eigenvalue weighted by Gasteiger charge is -2.38. The van der Waals surface area contributed by atoms with Crippen molar-refractivity contribution in [1.29, 1.82) is 0 Å². The van der Waals surface area contributed by atoms with Crippen molar-refractivity contribution in [2.75, 3.05) is 70.3 Å². The molecule has 3 aromatic rings. The van der Waals surface area contributed by atoms with Crippen molar-refractivity contribution in [2.45, 2.75) is 31.5 Å². The molecule has 1 aromatic heterocycles. The van der Waals surface area contributed by atoms with Gasteiger partial charge in [-0.05, 0) is 61.5 Å². The molecule has 41 heavy (non-hydrogen) atoms. The Balaban J connectivity index is 1.45. The van der Waals surface area contributed by atoms with Crippen LogP contribution in [0.1, 0.15) is 23.3 Å². The minimum atomic E-state index is -4.33. The van der Waals surface area contributed by atoms with Gasteiger partial charge in [-0.2, -0.15) is 13.2 Å². The molecule has 1 saturated heterocycles. The van der Waals surface area contributed by atoms with Crippen molar-refractivity contribution < 1.29 is 27.4 Å². The molecule has 2 aliphatic heterocycles. The van der Waals surface area contributed by atoms with Crippen LogP contribution in [-0.2, 0) is 15.9 Å². The molecule has 0 unspecified atom stereocenters. The fourth-order valence-corrected chi connectivity index (χ4v) is 6.57. The van der Waals surface area contributed by atoms with Crippen molar-refractivity contribution in [1.82, 2.24) is 4.90 Å². The summed E-state index contributed by atoms with van der Waals surface area (Å²) >= 11 is 1.34. The van der Waals surface area contributed by atoms with Gasteiger partial charge in [0, 0.05) is 30.9 Å². The summed E-state index contributed by atoms with van der Waals surface area (Å²) in [7, 11) is 2.12. The summed E-state index contributed by atoms with van der Waals surface area (Å²) in [5.74, 6) is 7.12. The van der Waals surface area contributed by atoms with E-state index in [1.165, 1.54) is 11.3 Å². The number of rotatable bonds is 1. The maximum atomic E-state index is 13.7. The van der Waals surface area contributed by atoms with Gasteiger partial charge < -0.3 is 29.7 Å². The van der Waals surface area contributed by atoms with Crippen LogP contribution in [0.5, 0.6) is 5.75 Å². The van der Waals surface area contributed by atoms with Gasteiger partial charge in [0.1, 0.15) is 12.4 Å². The summed E-state index contributed by atoms with van der Waals surface area (Å²) in [5, 5.41) is 7.54. The van der Waals surface area contributed by atoms with Crippen LogP contribution in [0.4, 0.5) is 24.5 Å². The van der Waals surface area contributed by atoms with E-state index in [-0.39, 0.29) is 18.2 Å². The number of alkyl halides is 3. The molecule has 1 fully saturated rings. The van der Waals surface area contributed by atoms with E-state index in [2.05, 4.69) is 34.4 Å². The summed E-state index contributed by atoms with van der Waals surface area (Å²) in [5.41, 5.74) is 1.93. The Morgan fingerprint density at radius 3 is 2.68 bits per heavy atom. The minimum absolute atomic E-state index is 0.192. The topological polar surface area (TPSA) is 55.0 Å². The molecule has 0 amide bonds. The first-order valence-electron chi connectivity index (χ1n) is 14.0. The van der Waals surface area contributed by atoms with Crippen LogP contribution in [0.15, 0.2) is 42.5 Å². The Bertz CT molecular complexity index is 1370. The number of anilines is 2. The van der Waals surface area contributed by atoms with Gasteiger partial charge in [0.15, 0.2) is 0 Å². The zero-order valence-electron chi connectivity index (χ0n) is 23.2. The lowest BCUT2D eigenvalue weighted by atomic mass is 9.89. The van der Waals surface area contributed by atoms with Gasteiger partial charge in [0.2, 0.25) is 0 Å². The van der Waals surface area contributed by atoms with E-state index in [9.17, 15) is 13.2 Å². The number of hydrogen-bond donors (Lipinski definition) is 2. The van der Waals surface area contributed by atoms with Crippen LogP contribution >= 0.6 is 11.3 Å². The Labute approximate surface area is 243 Å². The van der Waals surface area contributed by atoms with Gasteiger partial charge in [-0.25, -0.2) is 0 Å². The van der Waals surface area contributed by atoms with E-state index in [0.29, 0.717) is 55.0 Å². The average Bonchev–Trinajstić information content (AvgIpc) is 3.28. The minimum Gasteiger partial charge on any atom is -0.491 e. The molecular formula is C31H36F3N3O3S. The predicted molar refractivity (Wildman–Crippen MR) is 158 cm³/mol. The Morgan fingerprint density at radius 2 is 1.83 bits per heavy atom. The molecule has 2 atom stereocenters. The molecule has 2 aliphatic rings. The zero-order chi connectivity index (χ0) is 28.7. The van der Waals surface area contributed by atoms with E-state index in [1.54, 1.807) is 6.07 Å². The molecule has 0 radical (unpaired) electrons. The SMILES string of the molecule is CN1CC[C@H]2Nc3cccc4c(CC(F)(F)F)c(sc34)C#CCNc3cccc(c3)OCCOCCOCC[C@H]2C1. The number of thiophene rings is 1. The summed E-state index contributed by atoms with van der Waals surface area (Å²) < 4.78 is 59.2. The average molecular weight is 588 g/mol. The van der Waals surface area contributed by atoms with Crippen LogP contribution in [0.25, 0.3) is 10.1 Å². The molecular weight excluding hydrogens is 551 g/mol. The second-order valence-electron chi connectivity index (χ2n) is 10.5. The number of nitrogens with zero attached hydrogens (tertiary/aromatic N) is 1. The van der Waals surface area contributed by atoms with E-state index >= 15 is 0 Å². The first kappa shape index (κ1) is 29.5. The van der Waals surface area contributed by atoms with Gasteiger partial charge in [-0.3, -0.25) is 0 Å². The molecule has 0 saturated carbocycles. The molecule has 2 N–H and O–H groups in total. The third kappa shape index (κ3) is 8.29. The number of benzene rings is 2. The molecule has 4 bridgehead atoms. The van der Waals surface area contributed by atoms with Gasteiger partial charge in [0.05, 0.1) is 48.1 Å². The largest absolute Gasteiger partial charge is 0.491 e. The molecule has 0 aliphatic carbocycles. The fraction of sp³-hybridized carbons (Fsp3) is 0.484. The highest BCUT2D eigenvalue weighted by Crippen LogP contribution is 2.40. The first-order chi connectivity index (χ1) is 19.9. The Kier molecular flexibility index (Phi) is 9.93. The Morgan fingerprint density at radius 1 is 1.02 bits per heavy atom. The van der Waals surface area contributed by atoms with E-state index in [4.69, 9.17) is 14.2 Å². The second kappa shape index (κ2) is 13.8. The highest BCUT2D eigenvalue weighted by Gasteiger charge is 2.32. The number of likely N-dealkylation sites (tertiary alicyclic amines) is 1. The smallest absolute Gasteiger partial charge is 0.393 e. The molecule has 0 spiro atoms. The van der Waals surface area contributed by atoms with Gasteiger partial charge in [0.25, 0.3) is 0 Å². The summed E-state index contributed by atoms with van der Waals surface area (Å²) in [6.07, 6.45) is -3.52. The predicted octanol–water partition coefficient (Wildman–Crippen LogP) is 6.02. The Hall–Kier alpha value is -2.97. The maximum Gasteiger partial charge on any atom is 0.393 e. The lowest BCUT2D eigenvalue weighted by molar-refractivity contribution is -0.126. The monoisotopic (exact) mass is 587 g/mol. The van der Waals surface area contributed by atoms with Gasteiger partial charge >= 0.3 is 6.18 Å². The molecule has 220 valence electrons. The second-order valence-corrected chi connectivity index (χ2v) is 11.5. The number of nitrogens with one attached hydrogen (secondary N) is 2. The molecule has 2 aromatic carbocycles. The fourth-order valence-electron chi connectivity index (χ4n) is 5.40. The third-order valence-electron chi connectivity index (χ3n) is 7.39. The number of fused-ring (bicyclic) bond motifs is 4. The van der Waals surface area contributed by atoms with Gasteiger partial charge in [-0.15, -0.1) is 11.3 Å². The zero-order valence-corrected chi connectivity index (χ0v) is 24.0. The highest BCUT2D eigenvalue weighted by atomic mass is 32.1. The van der Waals surface area contributed by atoms with Crippen molar-refractivity contribution in [2.24, 2.45) is 5.92 Å². The summed E-state index contributed by atoms with van der Waals surface area (Å²) in [6, 6.07) is 13.3. The number of piperidine rings is 1. The molecule has 6 nitrogen and oxygen atoms in total.